The van der Waals surface area contributed by atoms with E-state index in [1.807, 2.05) is 39.8 Å². The van der Waals surface area contributed by atoms with E-state index in [9.17, 15) is 14.4 Å². The summed E-state index contributed by atoms with van der Waals surface area (Å²) in [5.41, 5.74) is 3.16. The predicted octanol–water partition coefficient (Wildman–Crippen LogP) is 4.46. The number of hydrogen-bond donors (Lipinski definition) is 3. The van der Waals surface area contributed by atoms with Gasteiger partial charge in [-0.2, -0.15) is 0 Å². The normalized spacial score (nSPS) is 15.6. The summed E-state index contributed by atoms with van der Waals surface area (Å²) in [5, 5.41) is 9.25. The first-order valence-corrected chi connectivity index (χ1v) is 13.9. The van der Waals surface area contributed by atoms with Crippen LogP contribution in [0.25, 0.3) is 11.1 Å². The van der Waals surface area contributed by atoms with Gasteiger partial charge in [0.2, 0.25) is 23.0 Å². The van der Waals surface area contributed by atoms with Crippen molar-refractivity contribution >= 4 is 17.5 Å². The fraction of sp³-hybridized carbons (Fsp3) is 0.516. The third kappa shape index (κ3) is 6.69. The minimum Gasteiger partial charge on any atom is -0.493 e. The second-order valence-corrected chi connectivity index (χ2v) is 10.7. The third-order valence-electron chi connectivity index (χ3n) is 7.41. The zero-order valence-electron chi connectivity index (χ0n) is 24.9. The molecule has 1 aliphatic rings. The minimum atomic E-state index is -0.587. The molecule has 2 aromatic rings. The molecule has 0 heterocycles. The number of fused-ring (bicyclic) bond motifs is 3. The van der Waals surface area contributed by atoms with Crippen LogP contribution in [-0.4, -0.2) is 45.7 Å². The maximum absolute atomic E-state index is 13.7. The number of hydrogen-bond acceptors (Lipinski definition) is 7. The zero-order valence-corrected chi connectivity index (χ0v) is 24.9. The third-order valence-corrected chi connectivity index (χ3v) is 7.41. The number of benzene rings is 1. The molecule has 1 aliphatic carbocycles. The van der Waals surface area contributed by atoms with Crippen LogP contribution in [0.4, 0.5) is 5.69 Å². The molecule has 218 valence electrons. The predicted molar refractivity (Wildman–Crippen MR) is 157 cm³/mol. The SMILES string of the molecule is CC[C@@H](C)[C@H](Nc1ccc2c(cc1=O)[C@@H](NC(C)=O)CCc1cc(OC)c(OC)c(OC)c1-2)C(=O)NCC(C)C. The van der Waals surface area contributed by atoms with Gasteiger partial charge in [0.05, 0.1) is 33.1 Å². The molecular weight excluding hydrogens is 510 g/mol. The molecule has 0 bridgehead atoms. The summed E-state index contributed by atoms with van der Waals surface area (Å²) in [6.07, 6.45) is 1.94. The molecule has 0 fully saturated rings. The molecule has 0 radical (unpaired) electrons. The Labute approximate surface area is 237 Å². The van der Waals surface area contributed by atoms with Crippen LogP contribution in [-0.2, 0) is 16.0 Å². The fourth-order valence-corrected chi connectivity index (χ4v) is 5.11. The molecule has 0 aliphatic heterocycles. The number of amides is 2. The molecule has 0 aromatic heterocycles. The first-order chi connectivity index (χ1) is 19.1. The van der Waals surface area contributed by atoms with Crippen molar-refractivity contribution in [2.24, 2.45) is 11.8 Å². The van der Waals surface area contributed by atoms with E-state index in [4.69, 9.17) is 14.2 Å². The van der Waals surface area contributed by atoms with Crippen molar-refractivity contribution in [1.82, 2.24) is 10.6 Å². The van der Waals surface area contributed by atoms with Crippen molar-refractivity contribution in [3.05, 3.63) is 45.6 Å². The fourth-order valence-electron chi connectivity index (χ4n) is 5.11. The smallest absolute Gasteiger partial charge is 0.242 e. The molecule has 0 unspecified atom stereocenters. The van der Waals surface area contributed by atoms with E-state index in [1.165, 1.54) is 6.92 Å². The molecule has 3 atom stereocenters. The lowest BCUT2D eigenvalue weighted by Gasteiger charge is -2.24. The van der Waals surface area contributed by atoms with Crippen molar-refractivity contribution in [1.29, 1.82) is 0 Å². The average molecular weight is 554 g/mol. The second-order valence-electron chi connectivity index (χ2n) is 10.7. The van der Waals surface area contributed by atoms with Crippen molar-refractivity contribution in [3.63, 3.8) is 0 Å². The number of ether oxygens (including phenoxy) is 3. The Kier molecular flexibility index (Phi) is 10.4. The molecule has 3 rings (SSSR count). The van der Waals surface area contributed by atoms with Crippen LogP contribution in [0.3, 0.4) is 0 Å². The highest BCUT2D eigenvalue weighted by Crippen LogP contribution is 2.50. The maximum atomic E-state index is 13.7. The maximum Gasteiger partial charge on any atom is 0.242 e. The zero-order chi connectivity index (χ0) is 29.6. The lowest BCUT2D eigenvalue weighted by molar-refractivity contribution is -0.123. The van der Waals surface area contributed by atoms with Crippen molar-refractivity contribution < 1.29 is 23.8 Å². The highest BCUT2D eigenvalue weighted by atomic mass is 16.5. The average Bonchev–Trinajstić information content (AvgIpc) is 3.17. The minimum absolute atomic E-state index is 0.0143. The number of methoxy groups -OCH3 is 3. The van der Waals surface area contributed by atoms with Crippen LogP contribution >= 0.6 is 0 Å². The topological polar surface area (TPSA) is 115 Å². The second kappa shape index (κ2) is 13.5. The standard InChI is InChI=1S/C31H43N3O6/c1-9-18(4)28(31(37)32-16-17(2)3)34-24-13-11-21-22(15-25(24)36)23(33-19(5)35)12-10-20-14-26(38-6)29(39-7)30(40-8)27(20)21/h11,13-15,17-18,23,28H,9-10,12,16H2,1-8H3,(H,32,37)(H,33,35)(H,34,36)/t18-,23+,28+/m1/s1. The van der Waals surface area contributed by atoms with Gasteiger partial charge in [-0.3, -0.25) is 14.4 Å². The van der Waals surface area contributed by atoms with Gasteiger partial charge in [0.25, 0.3) is 0 Å². The Morgan fingerprint density at radius 2 is 1.73 bits per heavy atom. The van der Waals surface area contributed by atoms with Gasteiger partial charge in [-0.05, 0) is 59.6 Å². The van der Waals surface area contributed by atoms with Crippen LogP contribution in [0.5, 0.6) is 17.2 Å². The van der Waals surface area contributed by atoms with E-state index in [1.54, 1.807) is 33.5 Å². The summed E-state index contributed by atoms with van der Waals surface area (Å²) in [6, 6.07) is 6.04. The van der Waals surface area contributed by atoms with Crippen LogP contribution < -0.4 is 35.6 Å². The van der Waals surface area contributed by atoms with Crippen molar-refractivity contribution in [2.45, 2.75) is 66.0 Å². The summed E-state index contributed by atoms with van der Waals surface area (Å²) < 4.78 is 17.1. The summed E-state index contributed by atoms with van der Waals surface area (Å²) in [6.45, 7) is 10.1. The van der Waals surface area contributed by atoms with Crippen molar-refractivity contribution in [2.75, 3.05) is 33.2 Å². The van der Waals surface area contributed by atoms with Gasteiger partial charge in [-0.1, -0.05) is 40.2 Å². The highest BCUT2D eigenvalue weighted by Gasteiger charge is 2.30. The van der Waals surface area contributed by atoms with Gasteiger partial charge in [0.1, 0.15) is 6.04 Å². The number of anilines is 1. The lowest BCUT2D eigenvalue weighted by atomic mass is 9.95. The van der Waals surface area contributed by atoms with Crippen LogP contribution in [0.1, 0.15) is 64.6 Å². The molecule has 9 heteroatoms. The Hall–Kier alpha value is -3.75. The molecule has 0 saturated heterocycles. The van der Waals surface area contributed by atoms with Gasteiger partial charge < -0.3 is 30.2 Å². The number of nitrogens with one attached hydrogen (secondary N) is 3. The van der Waals surface area contributed by atoms with E-state index in [0.29, 0.717) is 53.8 Å². The molecule has 2 amide bonds. The number of carbonyl (C=O) groups excluding carboxylic acids is 2. The molecule has 0 saturated carbocycles. The monoisotopic (exact) mass is 553 g/mol. The molecule has 40 heavy (non-hydrogen) atoms. The number of carbonyl (C=O) groups is 2. The summed E-state index contributed by atoms with van der Waals surface area (Å²) in [4.78, 5) is 39.0. The lowest BCUT2D eigenvalue weighted by Crippen LogP contribution is -2.45. The van der Waals surface area contributed by atoms with E-state index in [0.717, 1.165) is 23.1 Å². The van der Waals surface area contributed by atoms with Crippen LogP contribution in [0, 0.1) is 11.8 Å². The summed E-state index contributed by atoms with van der Waals surface area (Å²) >= 11 is 0. The highest BCUT2D eigenvalue weighted by molar-refractivity contribution is 5.86. The Bertz CT molecular complexity index is 1290. The van der Waals surface area contributed by atoms with Gasteiger partial charge in [0.15, 0.2) is 11.5 Å². The quantitative estimate of drug-likeness (QED) is 0.376. The van der Waals surface area contributed by atoms with Gasteiger partial charge in [-0.25, -0.2) is 0 Å². The molecule has 2 aromatic carbocycles. The Morgan fingerprint density at radius 1 is 1.02 bits per heavy atom. The van der Waals surface area contributed by atoms with E-state index < -0.39 is 12.1 Å². The Balaban J connectivity index is 2.24. The molecule has 3 N–H and O–H groups in total. The van der Waals surface area contributed by atoms with Crippen LogP contribution in [0.2, 0.25) is 0 Å². The number of aryl methyl sites for hydroxylation is 1. The Morgan fingerprint density at radius 3 is 2.30 bits per heavy atom. The van der Waals surface area contributed by atoms with E-state index in [-0.39, 0.29) is 23.2 Å². The summed E-state index contributed by atoms with van der Waals surface area (Å²) in [7, 11) is 4.68. The molecule has 9 nitrogen and oxygen atoms in total. The summed E-state index contributed by atoms with van der Waals surface area (Å²) in [5.74, 6) is 1.42. The molecular formula is C31H43N3O6. The van der Waals surface area contributed by atoms with E-state index >= 15 is 0 Å². The van der Waals surface area contributed by atoms with E-state index in [2.05, 4.69) is 16.0 Å². The van der Waals surface area contributed by atoms with Gasteiger partial charge >= 0.3 is 0 Å². The first-order valence-electron chi connectivity index (χ1n) is 13.9. The molecule has 0 spiro atoms. The van der Waals surface area contributed by atoms with Crippen molar-refractivity contribution in [3.8, 4) is 28.4 Å². The first kappa shape index (κ1) is 30.8. The largest absolute Gasteiger partial charge is 0.493 e. The van der Waals surface area contributed by atoms with Gasteiger partial charge in [-0.15, -0.1) is 0 Å². The van der Waals surface area contributed by atoms with Gasteiger partial charge in [0, 0.05) is 19.0 Å². The van der Waals surface area contributed by atoms with Crippen LogP contribution in [0.15, 0.2) is 29.1 Å². The number of rotatable bonds is 11.